The number of methoxy groups -OCH3 is 1. The van der Waals surface area contributed by atoms with Crippen molar-refractivity contribution in [3.8, 4) is 0 Å². The van der Waals surface area contributed by atoms with Gasteiger partial charge in [0.2, 0.25) is 0 Å². The maximum atomic E-state index is 11.2. The van der Waals surface area contributed by atoms with Gasteiger partial charge in [0.1, 0.15) is 0 Å². The molecular weight excluding hydrogens is 316 g/mol. The first-order valence-corrected chi connectivity index (χ1v) is 9.10. The van der Waals surface area contributed by atoms with Gasteiger partial charge < -0.3 is 20.3 Å². The molecule has 1 heterocycles. The standard InChI is InChI=1S/C19H30N4O2/c1-4-20-19(21-11-10-18(24)25-3)22-15(2)16-8-7-9-17(14-16)23-12-5-6-13-23/h7-9,14-15H,4-6,10-13H2,1-3H3,(H2,20,21,22). The molecule has 1 saturated heterocycles. The average molecular weight is 346 g/mol. The fourth-order valence-corrected chi connectivity index (χ4v) is 2.94. The first-order valence-electron chi connectivity index (χ1n) is 9.10. The van der Waals surface area contributed by atoms with Crippen molar-refractivity contribution in [2.45, 2.75) is 39.2 Å². The quantitative estimate of drug-likeness (QED) is 0.451. The smallest absolute Gasteiger partial charge is 0.307 e. The molecule has 2 N–H and O–H groups in total. The van der Waals surface area contributed by atoms with Crippen LogP contribution in [0.3, 0.4) is 0 Å². The lowest BCUT2D eigenvalue weighted by Gasteiger charge is -2.22. The van der Waals surface area contributed by atoms with Gasteiger partial charge in [0, 0.05) is 25.3 Å². The number of hydrogen-bond donors (Lipinski definition) is 2. The summed E-state index contributed by atoms with van der Waals surface area (Å²) in [5.74, 6) is 0.469. The summed E-state index contributed by atoms with van der Waals surface area (Å²) in [6.45, 7) is 7.60. The van der Waals surface area contributed by atoms with Crippen LogP contribution in [0.15, 0.2) is 29.3 Å². The molecular formula is C19H30N4O2. The molecule has 1 aliphatic heterocycles. The highest BCUT2D eigenvalue weighted by Gasteiger charge is 2.14. The zero-order valence-electron chi connectivity index (χ0n) is 15.5. The Balaban J connectivity index is 1.99. The van der Waals surface area contributed by atoms with Crippen LogP contribution >= 0.6 is 0 Å². The number of guanidine groups is 1. The zero-order valence-corrected chi connectivity index (χ0v) is 15.5. The van der Waals surface area contributed by atoms with E-state index in [0.29, 0.717) is 12.5 Å². The Bertz CT molecular complexity index is 583. The van der Waals surface area contributed by atoms with Crippen molar-refractivity contribution in [2.24, 2.45) is 4.99 Å². The van der Waals surface area contributed by atoms with E-state index < -0.39 is 0 Å². The largest absolute Gasteiger partial charge is 0.469 e. The molecule has 1 fully saturated rings. The van der Waals surface area contributed by atoms with Crippen molar-refractivity contribution in [1.29, 1.82) is 0 Å². The lowest BCUT2D eigenvalue weighted by molar-refractivity contribution is -0.140. The molecule has 0 bridgehead atoms. The number of nitrogens with one attached hydrogen (secondary N) is 2. The maximum absolute atomic E-state index is 11.2. The van der Waals surface area contributed by atoms with E-state index in [1.165, 1.54) is 31.2 Å². The second-order valence-electron chi connectivity index (χ2n) is 6.24. The van der Waals surface area contributed by atoms with Crippen LogP contribution in [-0.4, -0.2) is 45.2 Å². The first kappa shape index (κ1) is 19.1. The van der Waals surface area contributed by atoms with E-state index in [9.17, 15) is 4.79 Å². The molecule has 1 aliphatic rings. The lowest BCUT2D eigenvalue weighted by Crippen LogP contribution is -2.39. The molecule has 0 aliphatic carbocycles. The van der Waals surface area contributed by atoms with E-state index >= 15 is 0 Å². The Kier molecular flexibility index (Phi) is 7.57. The van der Waals surface area contributed by atoms with Crippen molar-refractivity contribution in [3.05, 3.63) is 29.8 Å². The van der Waals surface area contributed by atoms with Gasteiger partial charge in [0.15, 0.2) is 5.96 Å². The maximum Gasteiger partial charge on any atom is 0.307 e. The third-order valence-electron chi connectivity index (χ3n) is 4.35. The van der Waals surface area contributed by atoms with Crippen molar-refractivity contribution in [2.75, 3.05) is 38.2 Å². The van der Waals surface area contributed by atoms with Gasteiger partial charge in [-0.15, -0.1) is 0 Å². The Morgan fingerprint density at radius 2 is 2.12 bits per heavy atom. The fraction of sp³-hybridized carbons (Fsp3) is 0.579. The van der Waals surface area contributed by atoms with Crippen LogP contribution in [0, 0.1) is 0 Å². The predicted octanol–water partition coefficient (Wildman–Crippen LogP) is 2.47. The Labute approximate surface area is 150 Å². The van der Waals surface area contributed by atoms with E-state index in [-0.39, 0.29) is 18.4 Å². The molecule has 0 radical (unpaired) electrons. The minimum Gasteiger partial charge on any atom is -0.469 e. The summed E-state index contributed by atoms with van der Waals surface area (Å²) in [7, 11) is 1.39. The normalized spacial score (nSPS) is 15.8. The number of anilines is 1. The molecule has 0 saturated carbocycles. The molecule has 0 spiro atoms. The Hall–Kier alpha value is -2.24. The van der Waals surface area contributed by atoms with E-state index in [2.05, 4.69) is 56.5 Å². The second kappa shape index (κ2) is 9.91. The fourth-order valence-electron chi connectivity index (χ4n) is 2.94. The summed E-state index contributed by atoms with van der Waals surface area (Å²) >= 11 is 0. The lowest BCUT2D eigenvalue weighted by atomic mass is 10.1. The Morgan fingerprint density at radius 1 is 1.36 bits per heavy atom. The number of ether oxygens (including phenoxy) is 1. The van der Waals surface area contributed by atoms with Gasteiger partial charge in [0.05, 0.1) is 26.1 Å². The molecule has 6 heteroatoms. The summed E-state index contributed by atoms with van der Waals surface area (Å²) < 4.78 is 4.65. The topological polar surface area (TPSA) is 66.0 Å². The number of nitrogens with zero attached hydrogens (tertiary/aromatic N) is 2. The van der Waals surface area contributed by atoms with Crippen LogP contribution in [0.25, 0.3) is 0 Å². The minimum absolute atomic E-state index is 0.124. The highest BCUT2D eigenvalue weighted by atomic mass is 16.5. The van der Waals surface area contributed by atoms with Gasteiger partial charge in [-0.1, -0.05) is 12.1 Å². The highest BCUT2D eigenvalue weighted by Crippen LogP contribution is 2.23. The predicted molar refractivity (Wildman–Crippen MR) is 102 cm³/mol. The number of aliphatic imine (C=N–C) groups is 1. The molecule has 0 aromatic heterocycles. The first-order chi connectivity index (χ1) is 12.1. The molecule has 1 unspecified atom stereocenters. The van der Waals surface area contributed by atoms with Gasteiger partial charge in [-0.2, -0.15) is 0 Å². The van der Waals surface area contributed by atoms with Crippen LogP contribution in [-0.2, 0) is 9.53 Å². The highest BCUT2D eigenvalue weighted by molar-refractivity contribution is 5.80. The van der Waals surface area contributed by atoms with Crippen LogP contribution < -0.4 is 15.5 Å². The molecule has 6 nitrogen and oxygen atoms in total. The van der Waals surface area contributed by atoms with Gasteiger partial charge in [0.25, 0.3) is 0 Å². The van der Waals surface area contributed by atoms with Gasteiger partial charge in [-0.25, -0.2) is 0 Å². The van der Waals surface area contributed by atoms with E-state index in [0.717, 1.165) is 19.6 Å². The van der Waals surface area contributed by atoms with Gasteiger partial charge in [-0.05, 0) is 44.4 Å². The number of hydrogen-bond acceptors (Lipinski definition) is 4. The van der Waals surface area contributed by atoms with Crippen molar-refractivity contribution in [1.82, 2.24) is 10.6 Å². The molecule has 1 aromatic rings. The molecule has 1 aromatic carbocycles. The number of benzene rings is 1. The summed E-state index contributed by atoms with van der Waals surface area (Å²) in [5.41, 5.74) is 2.51. The molecule has 138 valence electrons. The molecule has 0 amide bonds. The van der Waals surface area contributed by atoms with Crippen LogP contribution in [0.4, 0.5) is 5.69 Å². The molecule has 1 atom stereocenters. The van der Waals surface area contributed by atoms with Crippen molar-refractivity contribution < 1.29 is 9.53 Å². The second-order valence-corrected chi connectivity index (χ2v) is 6.24. The SMILES string of the molecule is CCNC(=NCCC(=O)OC)NC(C)c1cccc(N2CCCC2)c1. The average Bonchev–Trinajstić information content (AvgIpc) is 3.16. The van der Waals surface area contributed by atoms with Crippen LogP contribution in [0.1, 0.15) is 44.7 Å². The number of carbonyl (C=O) groups excluding carboxylic acids is 1. The minimum atomic E-state index is -0.244. The number of esters is 1. The molecule has 25 heavy (non-hydrogen) atoms. The monoisotopic (exact) mass is 346 g/mol. The van der Waals surface area contributed by atoms with Crippen molar-refractivity contribution >= 4 is 17.6 Å². The van der Waals surface area contributed by atoms with Gasteiger partial charge >= 0.3 is 5.97 Å². The molecule has 2 rings (SSSR count). The van der Waals surface area contributed by atoms with Crippen LogP contribution in [0.2, 0.25) is 0 Å². The third kappa shape index (κ3) is 5.96. The van der Waals surface area contributed by atoms with Crippen LogP contribution in [0.5, 0.6) is 0 Å². The van der Waals surface area contributed by atoms with Gasteiger partial charge in [-0.3, -0.25) is 9.79 Å². The zero-order chi connectivity index (χ0) is 18.1. The summed E-state index contributed by atoms with van der Waals surface area (Å²) in [6.07, 6.45) is 2.83. The number of rotatable bonds is 7. The van der Waals surface area contributed by atoms with E-state index in [1.54, 1.807) is 0 Å². The van der Waals surface area contributed by atoms with E-state index in [4.69, 9.17) is 0 Å². The summed E-state index contributed by atoms with van der Waals surface area (Å²) in [6, 6.07) is 8.80. The summed E-state index contributed by atoms with van der Waals surface area (Å²) in [4.78, 5) is 18.1. The van der Waals surface area contributed by atoms with E-state index in [1.807, 2.05) is 6.92 Å². The Morgan fingerprint density at radius 3 is 2.80 bits per heavy atom. The number of carbonyl (C=O) groups is 1. The summed E-state index contributed by atoms with van der Waals surface area (Å²) in [5, 5.41) is 6.63. The third-order valence-corrected chi connectivity index (χ3v) is 4.35. The van der Waals surface area contributed by atoms with Crippen molar-refractivity contribution in [3.63, 3.8) is 0 Å².